The van der Waals surface area contributed by atoms with Crippen molar-refractivity contribution < 1.29 is 23.1 Å². The fourth-order valence-corrected chi connectivity index (χ4v) is 6.37. The van der Waals surface area contributed by atoms with E-state index in [1.54, 1.807) is 42.5 Å². The van der Waals surface area contributed by atoms with Gasteiger partial charge in [0.2, 0.25) is 11.8 Å². The van der Waals surface area contributed by atoms with E-state index in [2.05, 4.69) is 37.3 Å². The van der Waals surface area contributed by atoms with E-state index in [1.807, 2.05) is 45.0 Å². The number of rotatable bonds is 9. The lowest BCUT2D eigenvalue weighted by Crippen LogP contribution is -2.47. The standard InChI is InChI=1S/C38H33ClF2N9O3/c1-23(26-12-15-30(39)29(16-26)32-45-22-46-50(32)34(40)41)49-33(51)38(21-37(2,3)4,48-35(49)47-36(52)53-20-24-8-6-5-7-9-24)28-13-10-25(11-14-28)27-18-43-31(17-42)44-19-27/h5-16,18-19,22-23,34H,1,20-21H2,2-4H3,(H,47,48,52)/t23-,38+/m0/s1. The van der Waals surface area contributed by atoms with Gasteiger partial charge in [0, 0.05) is 23.5 Å². The minimum Gasteiger partial charge on any atom is -0.443 e. The van der Waals surface area contributed by atoms with Gasteiger partial charge < -0.3 is 10.1 Å². The monoisotopic (exact) mass is 736 g/mol. The topological polar surface area (TPSA) is 151 Å². The van der Waals surface area contributed by atoms with Crippen LogP contribution in [0.4, 0.5) is 13.6 Å². The predicted octanol–water partition coefficient (Wildman–Crippen LogP) is 7.65. The summed E-state index contributed by atoms with van der Waals surface area (Å²) in [5, 5.41) is 16.1. The highest BCUT2D eigenvalue weighted by Gasteiger charge is 2.54. The molecule has 2 aromatic heterocycles. The van der Waals surface area contributed by atoms with Crippen molar-refractivity contribution in [2.45, 2.75) is 51.9 Å². The molecule has 6 rings (SSSR count). The molecule has 3 heterocycles. The van der Waals surface area contributed by atoms with Crippen LogP contribution >= 0.6 is 11.6 Å². The summed E-state index contributed by atoms with van der Waals surface area (Å²) in [6.45, 7) is 7.18. The van der Waals surface area contributed by atoms with E-state index in [0.29, 0.717) is 21.4 Å². The summed E-state index contributed by atoms with van der Waals surface area (Å²) in [5.41, 5.74) is 1.34. The van der Waals surface area contributed by atoms with E-state index in [4.69, 9.17) is 21.6 Å². The number of amides is 2. The van der Waals surface area contributed by atoms with E-state index in [0.717, 1.165) is 17.5 Å². The van der Waals surface area contributed by atoms with Gasteiger partial charge in [-0.05, 0) is 53.1 Å². The number of alkyl halides is 2. The summed E-state index contributed by atoms with van der Waals surface area (Å²) < 4.78 is 33.5. The smallest absolute Gasteiger partial charge is 0.437 e. The Balaban J connectivity index is 1.43. The second kappa shape index (κ2) is 14.9. The molecule has 53 heavy (non-hydrogen) atoms. The average Bonchev–Trinajstić information content (AvgIpc) is 3.74. The maximum atomic E-state index is 15.0. The number of nitrogens with zero attached hydrogens (tertiary/aromatic N) is 8. The van der Waals surface area contributed by atoms with Crippen LogP contribution in [0.1, 0.15) is 62.3 Å². The Morgan fingerprint density at radius 3 is 2.40 bits per heavy atom. The number of guanidine groups is 1. The predicted molar refractivity (Wildman–Crippen MR) is 192 cm³/mol. The van der Waals surface area contributed by atoms with Gasteiger partial charge in [0.1, 0.15) is 24.5 Å². The van der Waals surface area contributed by atoms with Gasteiger partial charge in [0.15, 0.2) is 5.82 Å². The zero-order chi connectivity index (χ0) is 37.9. The minimum atomic E-state index is -2.98. The molecule has 2 atom stereocenters. The van der Waals surface area contributed by atoms with Crippen LogP contribution in [0.15, 0.2) is 96.5 Å². The van der Waals surface area contributed by atoms with E-state index < -0.39 is 35.5 Å². The summed E-state index contributed by atoms with van der Waals surface area (Å²) in [6.07, 6.45) is 3.37. The first-order valence-corrected chi connectivity index (χ1v) is 16.7. The van der Waals surface area contributed by atoms with Gasteiger partial charge in [0.05, 0.1) is 11.1 Å². The Labute approximate surface area is 309 Å². The highest BCUT2D eigenvalue weighted by molar-refractivity contribution is 6.33. The number of aliphatic imine (C=N–C) groups is 1. The molecule has 269 valence electrons. The molecule has 0 unspecified atom stereocenters. The van der Waals surface area contributed by atoms with Gasteiger partial charge in [-0.25, -0.2) is 19.7 Å². The van der Waals surface area contributed by atoms with E-state index in [9.17, 15) is 13.6 Å². The van der Waals surface area contributed by atoms with E-state index >= 15 is 4.79 Å². The Kier molecular flexibility index (Phi) is 10.3. The van der Waals surface area contributed by atoms with Gasteiger partial charge in [-0.3, -0.25) is 9.69 Å². The van der Waals surface area contributed by atoms with Crippen molar-refractivity contribution in [2.24, 2.45) is 10.4 Å². The van der Waals surface area contributed by atoms with Gasteiger partial charge in [0.25, 0.3) is 5.91 Å². The largest absolute Gasteiger partial charge is 0.443 e. The first kappa shape index (κ1) is 36.7. The first-order chi connectivity index (χ1) is 25.3. The number of aromatic nitrogens is 5. The number of halogens is 3. The van der Waals surface area contributed by atoms with Crippen LogP contribution in [0.25, 0.3) is 22.5 Å². The zero-order valence-electron chi connectivity index (χ0n) is 28.9. The highest BCUT2D eigenvalue weighted by atomic mass is 35.5. The molecule has 0 spiro atoms. The number of benzene rings is 3. The molecular formula is C38H33ClF2N9O3. The molecule has 1 fully saturated rings. The third-order valence-corrected chi connectivity index (χ3v) is 8.81. The number of nitriles is 1. The normalized spacial score (nSPS) is 17.2. The maximum Gasteiger partial charge on any atom is 0.437 e. The van der Waals surface area contributed by atoms with Crippen molar-refractivity contribution in [3.05, 3.63) is 126 Å². The van der Waals surface area contributed by atoms with Crippen LogP contribution in [0, 0.1) is 23.7 Å². The van der Waals surface area contributed by atoms with Gasteiger partial charge >= 0.3 is 12.6 Å². The molecule has 1 radical (unpaired) electrons. The lowest BCUT2D eigenvalue weighted by Gasteiger charge is -2.34. The molecule has 0 saturated carbocycles. The van der Waals surface area contributed by atoms with Crippen LogP contribution in [0.3, 0.4) is 0 Å². The zero-order valence-corrected chi connectivity index (χ0v) is 29.6. The van der Waals surface area contributed by atoms with Crippen molar-refractivity contribution in [2.75, 3.05) is 0 Å². The number of nitrogens with one attached hydrogen (secondary N) is 1. The van der Waals surface area contributed by atoms with Crippen molar-refractivity contribution in [1.82, 2.24) is 34.9 Å². The fourth-order valence-electron chi connectivity index (χ4n) is 6.17. The summed E-state index contributed by atoms with van der Waals surface area (Å²) in [6, 6.07) is 21.7. The quantitative estimate of drug-likeness (QED) is 0.161. The third kappa shape index (κ3) is 7.75. The van der Waals surface area contributed by atoms with Crippen LogP contribution < -0.4 is 5.32 Å². The second-order valence-electron chi connectivity index (χ2n) is 13.5. The van der Waals surface area contributed by atoms with Crippen molar-refractivity contribution in [3.8, 4) is 28.6 Å². The summed E-state index contributed by atoms with van der Waals surface area (Å²) in [4.78, 5) is 45.9. The first-order valence-electron chi connectivity index (χ1n) is 16.3. The van der Waals surface area contributed by atoms with Gasteiger partial charge in [-0.2, -0.15) is 23.8 Å². The molecule has 0 aliphatic carbocycles. The minimum absolute atomic E-state index is 0.0379. The molecule has 5 aromatic rings. The van der Waals surface area contributed by atoms with E-state index in [-0.39, 0.29) is 41.2 Å². The molecular weight excluding hydrogens is 704 g/mol. The van der Waals surface area contributed by atoms with Crippen molar-refractivity contribution in [3.63, 3.8) is 0 Å². The second-order valence-corrected chi connectivity index (χ2v) is 13.9. The number of hydrogen-bond donors (Lipinski definition) is 1. The molecule has 3 aromatic carbocycles. The van der Waals surface area contributed by atoms with Crippen molar-refractivity contribution in [1.29, 1.82) is 5.26 Å². The van der Waals surface area contributed by atoms with Crippen LogP contribution in [0.5, 0.6) is 0 Å². The number of carbonyl (C=O) groups is 2. The van der Waals surface area contributed by atoms with Crippen LogP contribution in [0.2, 0.25) is 5.02 Å². The summed E-state index contributed by atoms with van der Waals surface area (Å²) in [5.74, 6) is -0.730. The Bertz CT molecular complexity index is 2200. The molecule has 1 N–H and O–H groups in total. The number of ether oxygens (including phenoxy) is 1. The lowest BCUT2D eigenvalue weighted by molar-refractivity contribution is -0.133. The molecule has 15 heteroatoms. The summed E-state index contributed by atoms with van der Waals surface area (Å²) >= 11 is 6.46. The average molecular weight is 737 g/mol. The van der Waals surface area contributed by atoms with Gasteiger partial charge in [-0.15, -0.1) is 4.99 Å². The Morgan fingerprint density at radius 2 is 1.75 bits per heavy atom. The van der Waals surface area contributed by atoms with Gasteiger partial charge in [-0.1, -0.05) is 93.0 Å². The molecule has 1 aliphatic heterocycles. The molecule has 1 aliphatic rings. The van der Waals surface area contributed by atoms with Crippen molar-refractivity contribution >= 4 is 29.6 Å². The lowest BCUT2D eigenvalue weighted by atomic mass is 9.75. The Hall–Kier alpha value is -6.07. The molecule has 2 amide bonds. The van der Waals surface area contributed by atoms with Crippen LogP contribution in [-0.2, 0) is 21.7 Å². The fraction of sp³-hybridized carbons (Fsp3) is 0.237. The third-order valence-electron chi connectivity index (χ3n) is 8.48. The molecule has 1 saturated heterocycles. The SMILES string of the molecule is [CH2][C@@H](c1ccc(Cl)c(-c2ncnn2C(F)F)c1)N1C(=O)[C@@](CC(C)(C)C)(c2ccc(-c3cnc(C#N)nc3)cc2)N/C1=N/C(=O)OCc1ccccc1. The summed E-state index contributed by atoms with van der Waals surface area (Å²) in [7, 11) is 0. The Morgan fingerprint density at radius 1 is 1.06 bits per heavy atom. The molecule has 0 bridgehead atoms. The van der Waals surface area contributed by atoms with E-state index in [1.165, 1.54) is 29.4 Å². The maximum absolute atomic E-state index is 15.0. The van der Waals surface area contributed by atoms with Crippen LogP contribution in [-0.4, -0.2) is 47.6 Å². The highest BCUT2D eigenvalue weighted by Crippen LogP contribution is 2.43. The number of carbonyl (C=O) groups excluding carboxylic acids is 2. The molecule has 12 nitrogen and oxygen atoms in total. The number of hydrogen-bond acceptors (Lipinski definition) is 8.